The van der Waals surface area contributed by atoms with Crippen molar-refractivity contribution in [3.05, 3.63) is 80.7 Å². The largest absolute Gasteiger partial charge is 0.416 e. The number of primary amides is 1. The first kappa shape index (κ1) is 26.1. The zero-order valence-electron chi connectivity index (χ0n) is 19.6. The molecule has 14 heteroatoms. The van der Waals surface area contributed by atoms with E-state index in [1.165, 1.54) is 28.9 Å². The summed E-state index contributed by atoms with van der Waals surface area (Å²) in [4.78, 5) is 29.4. The number of hydrogen-bond donors (Lipinski definition) is 2. The second-order valence-corrected chi connectivity index (χ2v) is 8.74. The van der Waals surface area contributed by atoms with Crippen LogP contribution in [0.5, 0.6) is 0 Å². The molecule has 10 nitrogen and oxygen atoms in total. The number of carbonyl (C=O) groups excluding carboxylic acids is 1. The Morgan fingerprint density at radius 3 is 2.30 bits per heavy atom. The van der Waals surface area contributed by atoms with Gasteiger partial charge >= 0.3 is 11.9 Å². The highest BCUT2D eigenvalue weighted by Gasteiger charge is 2.39. The monoisotopic (exact) mass is 535 g/mol. The number of aliphatic hydroxyl groups is 1. The molecule has 0 saturated carbocycles. The molecule has 0 aliphatic rings. The van der Waals surface area contributed by atoms with Crippen molar-refractivity contribution < 1.29 is 23.1 Å². The Balaban J connectivity index is 1.80. The molecule has 4 aromatic rings. The normalized spacial score (nSPS) is 12.6. The SMILES string of the molecule is Cc1cccc(C)c1-n1nc(Cn2nc(-c3ccc(Cl)cc3)n(C[C@H](O)C(F)(F)F)c2=O)nc1C(N)=O. The Morgan fingerprint density at radius 2 is 1.73 bits per heavy atom. The van der Waals surface area contributed by atoms with Crippen molar-refractivity contribution in [2.75, 3.05) is 0 Å². The molecule has 0 spiro atoms. The number of amides is 1. The quantitative estimate of drug-likeness (QED) is 0.374. The lowest BCUT2D eigenvalue weighted by Crippen LogP contribution is -2.37. The van der Waals surface area contributed by atoms with E-state index in [0.717, 1.165) is 15.8 Å². The van der Waals surface area contributed by atoms with Crippen LogP contribution in [0.2, 0.25) is 5.02 Å². The van der Waals surface area contributed by atoms with Crippen molar-refractivity contribution >= 4 is 17.5 Å². The number of benzene rings is 2. The molecule has 0 aliphatic heterocycles. The Hall–Kier alpha value is -3.97. The summed E-state index contributed by atoms with van der Waals surface area (Å²) in [5, 5.41) is 18.5. The summed E-state index contributed by atoms with van der Waals surface area (Å²) in [6, 6.07) is 11.4. The average Bonchev–Trinajstić information content (AvgIpc) is 3.36. The average molecular weight is 536 g/mol. The van der Waals surface area contributed by atoms with Gasteiger partial charge in [0.25, 0.3) is 5.91 Å². The van der Waals surface area contributed by atoms with E-state index in [1.54, 1.807) is 0 Å². The van der Waals surface area contributed by atoms with Crippen LogP contribution in [0, 0.1) is 13.8 Å². The third-order valence-electron chi connectivity index (χ3n) is 5.57. The lowest BCUT2D eigenvalue weighted by Gasteiger charge is -2.15. The maximum atomic E-state index is 13.1. The van der Waals surface area contributed by atoms with Crippen LogP contribution >= 0.6 is 11.6 Å². The molecular formula is C23H21ClF3N7O3. The summed E-state index contributed by atoms with van der Waals surface area (Å²) in [6.07, 6.45) is -7.77. The summed E-state index contributed by atoms with van der Waals surface area (Å²) < 4.78 is 42.1. The first-order chi connectivity index (χ1) is 17.4. The van der Waals surface area contributed by atoms with Crippen LogP contribution in [-0.2, 0) is 13.1 Å². The Bertz CT molecular complexity index is 1500. The van der Waals surface area contributed by atoms with E-state index >= 15 is 0 Å². The molecule has 0 bridgehead atoms. The van der Waals surface area contributed by atoms with E-state index in [-0.39, 0.29) is 24.0 Å². The van der Waals surface area contributed by atoms with Crippen LogP contribution in [-0.4, -0.2) is 52.4 Å². The van der Waals surface area contributed by atoms with E-state index < -0.39 is 30.4 Å². The molecule has 0 aliphatic carbocycles. The summed E-state index contributed by atoms with van der Waals surface area (Å²) in [7, 11) is 0. The van der Waals surface area contributed by atoms with Gasteiger partial charge < -0.3 is 10.8 Å². The summed E-state index contributed by atoms with van der Waals surface area (Å²) in [6.45, 7) is 2.15. The van der Waals surface area contributed by atoms with Crippen molar-refractivity contribution in [2.45, 2.75) is 39.2 Å². The highest BCUT2D eigenvalue weighted by Crippen LogP contribution is 2.24. The fourth-order valence-electron chi connectivity index (χ4n) is 3.81. The van der Waals surface area contributed by atoms with Crippen LogP contribution in [0.15, 0.2) is 47.3 Å². The van der Waals surface area contributed by atoms with Crippen molar-refractivity contribution in [3.8, 4) is 17.1 Å². The third kappa shape index (κ3) is 5.27. The molecule has 0 unspecified atom stereocenters. The van der Waals surface area contributed by atoms with Crippen LogP contribution in [0.4, 0.5) is 13.2 Å². The lowest BCUT2D eigenvalue weighted by atomic mass is 10.1. The fourth-order valence-corrected chi connectivity index (χ4v) is 3.93. The van der Waals surface area contributed by atoms with Gasteiger partial charge in [0.05, 0.1) is 12.2 Å². The maximum Gasteiger partial charge on any atom is 0.416 e. The number of hydrogen-bond acceptors (Lipinski definition) is 6. The zero-order chi connectivity index (χ0) is 27.1. The second-order valence-electron chi connectivity index (χ2n) is 8.31. The van der Waals surface area contributed by atoms with Gasteiger partial charge in [0, 0.05) is 10.6 Å². The standard InChI is InChI=1S/C23H21ClF3N7O3/c1-12-4-3-5-13(2)18(12)34-21(19(28)36)29-17(30-34)11-33-22(37)32(10-16(35)23(25,26)27)20(31-33)14-6-8-15(24)9-7-14/h3-9,16,35H,10-11H2,1-2H3,(H2,28,36)/t16-/m0/s1. The minimum atomic E-state index is -4.96. The van der Waals surface area contributed by atoms with Gasteiger partial charge in [-0.3, -0.25) is 9.36 Å². The van der Waals surface area contributed by atoms with Gasteiger partial charge in [0.1, 0.15) is 6.54 Å². The number of nitrogens with zero attached hydrogens (tertiary/aromatic N) is 6. The molecule has 1 amide bonds. The van der Waals surface area contributed by atoms with Crippen molar-refractivity contribution in [1.29, 1.82) is 0 Å². The number of alkyl halides is 3. The lowest BCUT2D eigenvalue weighted by molar-refractivity contribution is -0.207. The Morgan fingerprint density at radius 1 is 1.11 bits per heavy atom. The molecule has 3 N–H and O–H groups in total. The number of nitrogens with two attached hydrogens (primary N) is 1. The number of rotatable bonds is 7. The van der Waals surface area contributed by atoms with Crippen LogP contribution in [0.3, 0.4) is 0 Å². The number of aromatic nitrogens is 6. The molecule has 2 aromatic carbocycles. The van der Waals surface area contributed by atoms with Crippen molar-refractivity contribution in [1.82, 2.24) is 29.1 Å². The van der Waals surface area contributed by atoms with E-state index in [0.29, 0.717) is 20.8 Å². The molecular weight excluding hydrogens is 515 g/mol. The van der Waals surface area contributed by atoms with Gasteiger partial charge in [-0.15, -0.1) is 10.2 Å². The Labute approximate surface area is 212 Å². The second kappa shape index (κ2) is 9.82. The zero-order valence-corrected chi connectivity index (χ0v) is 20.3. The summed E-state index contributed by atoms with van der Waals surface area (Å²) >= 11 is 5.90. The van der Waals surface area contributed by atoms with Crippen LogP contribution < -0.4 is 11.4 Å². The molecule has 4 rings (SSSR count). The van der Waals surface area contributed by atoms with Gasteiger partial charge in [-0.05, 0) is 49.2 Å². The molecule has 0 fully saturated rings. The topological polar surface area (TPSA) is 134 Å². The van der Waals surface area contributed by atoms with Crippen molar-refractivity contribution in [3.63, 3.8) is 0 Å². The molecule has 37 heavy (non-hydrogen) atoms. The van der Waals surface area contributed by atoms with Crippen LogP contribution in [0.25, 0.3) is 17.1 Å². The predicted molar refractivity (Wildman–Crippen MR) is 127 cm³/mol. The molecule has 2 aromatic heterocycles. The number of aliphatic hydroxyl groups excluding tert-OH is 1. The third-order valence-corrected chi connectivity index (χ3v) is 5.82. The number of aryl methyl sites for hydroxylation is 2. The first-order valence-corrected chi connectivity index (χ1v) is 11.2. The number of carbonyl (C=O) groups is 1. The number of para-hydroxylation sites is 1. The fraction of sp³-hybridized carbons (Fsp3) is 0.261. The van der Waals surface area contributed by atoms with E-state index in [9.17, 15) is 27.9 Å². The summed E-state index contributed by atoms with van der Waals surface area (Å²) in [5.74, 6) is -1.21. The molecule has 194 valence electrons. The van der Waals surface area contributed by atoms with Crippen molar-refractivity contribution in [2.24, 2.45) is 5.73 Å². The molecule has 0 saturated heterocycles. The minimum absolute atomic E-state index is 0.0257. The van der Waals surface area contributed by atoms with Crippen LogP contribution in [0.1, 0.15) is 27.6 Å². The number of halogens is 4. The van der Waals surface area contributed by atoms with Gasteiger partial charge in [-0.2, -0.15) is 13.2 Å². The Kier molecular flexibility index (Phi) is 6.93. The van der Waals surface area contributed by atoms with E-state index in [4.69, 9.17) is 17.3 Å². The maximum absolute atomic E-state index is 13.1. The van der Waals surface area contributed by atoms with E-state index in [1.807, 2.05) is 32.0 Å². The highest BCUT2D eigenvalue weighted by atomic mass is 35.5. The van der Waals surface area contributed by atoms with Gasteiger partial charge in [0.15, 0.2) is 17.8 Å². The molecule has 0 radical (unpaired) electrons. The first-order valence-electron chi connectivity index (χ1n) is 10.9. The molecule has 1 atom stereocenters. The highest BCUT2D eigenvalue weighted by molar-refractivity contribution is 6.30. The van der Waals surface area contributed by atoms with Gasteiger partial charge in [0.2, 0.25) is 5.82 Å². The smallest absolute Gasteiger partial charge is 0.382 e. The molecule has 2 heterocycles. The minimum Gasteiger partial charge on any atom is -0.382 e. The van der Waals surface area contributed by atoms with E-state index in [2.05, 4.69) is 15.2 Å². The van der Waals surface area contributed by atoms with Gasteiger partial charge in [-0.25, -0.2) is 19.1 Å². The predicted octanol–water partition coefficient (Wildman–Crippen LogP) is 2.63. The summed E-state index contributed by atoms with van der Waals surface area (Å²) in [5.41, 5.74) is 6.99. The van der Waals surface area contributed by atoms with Gasteiger partial charge in [-0.1, -0.05) is 29.8 Å².